The Hall–Kier alpha value is -3.98. The van der Waals surface area contributed by atoms with Gasteiger partial charge >= 0.3 is 0 Å². The quantitative estimate of drug-likeness (QED) is 0.232. The lowest BCUT2D eigenvalue weighted by Gasteiger charge is -2.28. The van der Waals surface area contributed by atoms with Gasteiger partial charge in [-0.25, -0.2) is 9.97 Å². The number of quaternary nitrogens is 1. The summed E-state index contributed by atoms with van der Waals surface area (Å²) in [6, 6.07) is 7.13. The minimum absolute atomic E-state index is 0.0732. The number of nitrogens with zero attached hydrogens (tertiary/aromatic N) is 2. The summed E-state index contributed by atoms with van der Waals surface area (Å²) >= 11 is 0. The van der Waals surface area contributed by atoms with E-state index in [1.807, 2.05) is 12.1 Å². The molecule has 3 atom stereocenters. The molecular weight excluding hydrogens is 490 g/mol. The molecule has 1 aliphatic rings. The van der Waals surface area contributed by atoms with Crippen LogP contribution in [0, 0.1) is 17.2 Å². The number of amides is 1. The average molecular weight is 531 g/mol. The first-order valence-corrected chi connectivity index (χ1v) is 13.7. The lowest BCUT2D eigenvalue weighted by Crippen LogP contribution is -2.51. The first-order valence-electron chi connectivity index (χ1n) is 13.7. The van der Waals surface area contributed by atoms with Crippen molar-refractivity contribution in [2.75, 3.05) is 24.7 Å². The number of rotatable bonds is 11. The number of hydrogen-bond acceptors (Lipinski definition) is 6. The van der Waals surface area contributed by atoms with Crippen LogP contribution in [-0.4, -0.2) is 40.2 Å². The summed E-state index contributed by atoms with van der Waals surface area (Å²) in [4.78, 5) is 25.0. The molecule has 4 rings (SSSR count). The lowest BCUT2D eigenvalue weighted by molar-refractivity contribution is -0.370. The van der Waals surface area contributed by atoms with Crippen molar-refractivity contribution in [1.29, 1.82) is 5.41 Å². The largest absolute Gasteiger partial charge is 0.495 e. The van der Waals surface area contributed by atoms with Crippen LogP contribution in [-0.2, 0) is 6.42 Å². The maximum absolute atomic E-state index is 13.0. The van der Waals surface area contributed by atoms with Crippen molar-refractivity contribution in [3.8, 4) is 5.75 Å². The second-order valence-corrected chi connectivity index (χ2v) is 10.3. The SMILES string of the molecule is CCC(CC[NH3+])C(C)C(C)c1ncnc(N)c1C(=N)c1ccc(NC(=O)c2cc3c([nH]2)CCC=C3)c(OC)c1. The first kappa shape index (κ1) is 28.0. The van der Waals surface area contributed by atoms with Crippen molar-refractivity contribution >= 4 is 29.2 Å². The molecule has 0 spiro atoms. The van der Waals surface area contributed by atoms with Crippen molar-refractivity contribution in [1.82, 2.24) is 15.0 Å². The molecule has 39 heavy (non-hydrogen) atoms. The van der Waals surface area contributed by atoms with Crippen LogP contribution in [0.2, 0.25) is 0 Å². The molecule has 0 saturated carbocycles. The monoisotopic (exact) mass is 530 g/mol. The normalized spacial score (nSPS) is 14.8. The molecule has 9 nitrogen and oxygen atoms in total. The zero-order chi connectivity index (χ0) is 28.1. The number of carbonyl (C=O) groups is 1. The maximum atomic E-state index is 13.0. The second kappa shape index (κ2) is 12.3. The number of aromatic nitrogens is 3. The number of ether oxygens (including phenoxy) is 1. The summed E-state index contributed by atoms with van der Waals surface area (Å²) < 4.78 is 5.61. The summed E-state index contributed by atoms with van der Waals surface area (Å²) in [5.74, 6) is 1.37. The van der Waals surface area contributed by atoms with Gasteiger partial charge in [0.2, 0.25) is 0 Å². The highest BCUT2D eigenvalue weighted by Gasteiger charge is 2.28. The van der Waals surface area contributed by atoms with Crippen molar-refractivity contribution < 1.29 is 15.3 Å². The predicted octanol–water partition coefficient (Wildman–Crippen LogP) is 4.42. The van der Waals surface area contributed by atoms with E-state index >= 15 is 0 Å². The molecule has 206 valence electrons. The number of fused-ring (bicyclic) bond motifs is 1. The maximum Gasteiger partial charge on any atom is 0.272 e. The van der Waals surface area contributed by atoms with Gasteiger partial charge in [0.15, 0.2) is 0 Å². The smallest absolute Gasteiger partial charge is 0.272 e. The molecule has 8 N–H and O–H groups in total. The van der Waals surface area contributed by atoms with E-state index in [1.54, 1.807) is 25.3 Å². The molecule has 0 saturated heterocycles. The van der Waals surface area contributed by atoms with Gasteiger partial charge in [0.05, 0.1) is 36.3 Å². The van der Waals surface area contributed by atoms with Crippen LogP contribution in [0.15, 0.2) is 36.7 Å². The van der Waals surface area contributed by atoms with Gasteiger partial charge in [0.25, 0.3) is 5.91 Å². The van der Waals surface area contributed by atoms with Gasteiger partial charge in [0, 0.05) is 17.2 Å². The molecule has 0 fully saturated rings. The van der Waals surface area contributed by atoms with Crippen LogP contribution >= 0.6 is 0 Å². The van der Waals surface area contributed by atoms with E-state index in [1.165, 1.54) is 6.33 Å². The summed E-state index contributed by atoms with van der Waals surface area (Å²) in [5, 5.41) is 12.0. The summed E-state index contributed by atoms with van der Waals surface area (Å²) in [7, 11) is 1.54. The molecular formula is C30H40N7O2+. The van der Waals surface area contributed by atoms with Gasteiger partial charge in [-0.2, -0.15) is 0 Å². The summed E-state index contributed by atoms with van der Waals surface area (Å²) in [6.07, 6.45) is 9.56. The first-order chi connectivity index (χ1) is 18.8. The van der Waals surface area contributed by atoms with Gasteiger partial charge in [0.1, 0.15) is 23.6 Å². The molecule has 3 aromatic rings. The number of anilines is 2. The molecule has 2 aromatic heterocycles. The summed E-state index contributed by atoms with van der Waals surface area (Å²) in [5.41, 5.74) is 15.6. The van der Waals surface area contributed by atoms with E-state index in [0.717, 1.165) is 49.2 Å². The molecule has 9 heteroatoms. The number of allylic oxidation sites excluding steroid dienone is 1. The fraction of sp³-hybridized carbons (Fsp3) is 0.400. The average Bonchev–Trinajstić information content (AvgIpc) is 3.39. The van der Waals surface area contributed by atoms with Crippen molar-refractivity contribution in [2.45, 2.75) is 52.4 Å². The second-order valence-electron chi connectivity index (χ2n) is 10.3. The molecule has 3 unspecified atom stereocenters. The molecule has 0 aliphatic heterocycles. The van der Waals surface area contributed by atoms with E-state index in [0.29, 0.717) is 40.1 Å². The van der Waals surface area contributed by atoms with Gasteiger partial charge in [-0.3, -0.25) is 10.2 Å². The number of aryl methyl sites for hydroxylation is 1. The fourth-order valence-electron chi connectivity index (χ4n) is 5.49. The highest BCUT2D eigenvalue weighted by Crippen LogP contribution is 2.36. The number of nitrogen functional groups attached to an aromatic ring is 1. The molecule has 1 aliphatic carbocycles. The minimum atomic E-state index is -0.252. The third kappa shape index (κ3) is 5.88. The van der Waals surface area contributed by atoms with Crippen LogP contribution in [0.3, 0.4) is 0 Å². The third-order valence-electron chi connectivity index (χ3n) is 7.99. The number of methoxy groups -OCH3 is 1. The number of aromatic amines is 1. The van der Waals surface area contributed by atoms with Gasteiger partial charge in [-0.1, -0.05) is 45.4 Å². The lowest BCUT2D eigenvalue weighted by atomic mass is 9.77. The van der Waals surface area contributed by atoms with Crippen LogP contribution in [0.25, 0.3) is 6.08 Å². The summed E-state index contributed by atoms with van der Waals surface area (Å²) in [6.45, 7) is 7.46. The Kier molecular flexibility index (Phi) is 8.81. The Labute approximate surface area is 230 Å². The number of nitrogens with two attached hydrogens (primary N) is 1. The topological polar surface area (TPSA) is 157 Å². The highest BCUT2D eigenvalue weighted by atomic mass is 16.5. The van der Waals surface area contributed by atoms with E-state index in [2.05, 4.69) is 52.8 Å². The Balaban J connectivity index is 1.60. The number of nitrogens with one attached hydrogen (secondary N) is 3. The molecule has 1 amide bonds. The van der Waals surface area contributed by atoms with Crippen molar-refractivity contribution in [2.24, 2.45) is 11.8 Å². The Morgan fingerprint density at radius 3 is 2.77 bits per heavy atom. The molecule has 0 radical (unpaired) electrons. The highest BCUT2D eigenvalue weighted by molar-refractivity contribution is 6.15. The number of carbonyl (C=O) groups excluding carboxylic acids is 1. The number of benzene rings is 1. The van der Waals surface area contributed by atoms with Crippen LogP contribution in [0.5, 0.6) is 5.75 Å². The van der Waals surface area contributed by atoms with Crippen LogP contribution in [0.1, 0.15) is 84.5 Å². The van der Waals surface area contributed by atoms with E-state index in [-0.39, 0.29) is 23.4 Å². The zero-order valence-corrected chi connectivity index (χ0v) is 23.3. The Morgan fingerprint density at radius 1 is 1.28 bits per heavy atom. The molecule has 2 heterocycles. The van der Waals surface area contributed by atoms with Gasteiger partial charge < -0.3 is 26.5 Å². The van der Waals surface area contributed by atoms with Gasteiger partial charge in [-0.05, 0) is 54.9 Å². The number of hydrogen-bond donors (Lipinski definition) is 5. The zero-order valence-electron chi connectivity index (χ0n) is 23.3. The molecule has 0 bridgehead atoms. The van der Waals surface area contributed by atoms with Crippen molar-refractivity contribution in [3.63, 3.8) is 0 Å². The Bertz CT molecular complexity index is 1380. The van der Waals surface area contributed by atoms with E-state index < -0.39 is 0 Å². The fourth-order valence-corrected chi connectivity index (χ4v) is 5.49. The van der Waals surface area contributed by atoms with E-state index in [9.17, 15) is 4.79 Å². The Morgan fingerprint density at radius 2 is 2.08 bits per heavy atom. The predicted molar refractivity (Wildman–Crippen MR) is 155 cm³/mol. The minimum Gasteiger partial charge on any atom is -0.495 e. The standard InChI is InChI=1S/C30H39N7O2/c1-5-19(12-13-31)17(2)18(3)28-26(29(33)35-16-34-28)27(32)21-10-11-23(25(15-21)39-4)37-30(38)24-14-20-8-6-7-9-22(20)36-24/h6,8,10-11,14-19,32,36H,5,7,9,12-13,31H2,1-4H3,(H,37,38)(H2,33,34,35)/p+1. The van der Waals surface area contributed by atoms with Crippen LogP contribution < -0.4 is 21.5 Å². The van der Waals surface area contributed by atoms with Gasteiger partial charge in [-0.15, -0.1) is 0 Å². The van der Waals surface area contributed by atoms with Crippen molar-refractivity contribution in [3.05, 3.63) is 70.4 Å². The van der Waals surface area contributed by atoms with E-state index in [4.69, 9.17) is 15.9 Å². The van der Waals surface area contributed by atoms with Crippen LogP contribution in [0.4, 0.5) is 11.5 Å². The number of H-pyrrole nitrogens is 1. The third-order valence-corrected chi connectivity index (χ3v) is 7.99. The molecule has 1 aromatic carbocycles.